The summed E-state index contributed by atoms with van der Waals surface area (Å²) in [7, 11) is 1.36. The highest BCUT2D eigenvalue weighted by Gasteiger charge is 2.31. The van der Waals surface area contributed by atoms with Gasteiger partial charge in [0.05, 0.1) is 18.4 Å². The first kappa shape index (κ1) is 15.1. The molecule has 0 aliphatic rings. The number of anilines is 1. The van der Waals surface area contributed by atoms with E-state index in [1.165, 1.54) is 32.2 Å². The predicted molar refractivity (Wildman–Crippen MR) is 63.9 cm³/mol. The summed E-state index contributed by atoms with van der Waals surface area (Å²) in [5, 5.41) is 9.02. The maximum atomic E-state index is 12.5. The molecule has 0 heterocycles. The molecule has 7 heteroatoms. The lowest BCUT2D eigenvalue weighted by atomic mass is 10.1. The van der Waals surface area contributed by atoms with Gasteiger partial charge in [-0.2, -0.15) is 13.2 Å². The second-order valence-corrected chi connectivity index (χ2v) is 3.82. The van der Waals surface area contributed by atoms with E-state index in [-0.39, 0.29) is 17.8 Å². The fourth-order valence-electron chi connectivity index (χ4n) is 1.66. The second kappa shape index (κ2) is 5.81. The van der Waals surface area contributed by atoms with Crippen LogP contribution in [0, 0.1) is 0 Å². The van der Waals surface area contributed by atoms with Crippen LogP contribution in [0.15, 0.2) is 18.2 Å². The Morgan fingerprint density at radius 3 is 2.47 bits per heavy atom. The zero-order chi connectivity index (χ0) is 14.6. The Morgan fingerprint density at radius 1 is 1.42 bits per heavy atom. The smallest absolute Gasteiger partial charge is 0.405 e. The van der Waals surface area contributed by atoms with Crippen LogP contribution in [-0.4, -0.2) is 37.5 Å². The molecule has 0 fully saturated rings. The molecular weight excluding hydrogens is 263 g/mol. The monoisotopic (exact) mass is 277 g/mol. The molecule has 0 aliphatic carbocycles. The SMILES string of the molecule is CCN(CC(F)(F)F)c1cc(OC)ccc1C(=O)O. The Hall–Kier alpha value is -1.92. The van der Waals surface area contributed by atoms with Crippen LogP contribution in [-0.2, 0) is 0 Å². The molecule has 106 valence electrons. The molecule has 1 rings (SSSR count). The van der Waals surface area contributed by atoms with Crippen LogP contribution in [0.2, 0.25) is 0 Å². The number of carboxylic acid groups (broad SMARTS) is 1. The number of ether oxygens (including phenoxy) is 1. The Labute approximate surface area is 108 Å². The van der Waals surface area contributed by atoms with Crippen molar-refractivity contribution in [1.29, 1.82) is 0 Å². The first-order valence-corrected chi connectivity index (χ1v) is 5.51. The van der Waals surface area contributed by atoms with Crippen LogP contribution in [0.1, 0.15) is 17.3 Å². The number of halogens is 3. The van der Waals surface area contributed by atoms with Crippen molar-refractivity contribution in [2.45, 2.75) is 13.1 Å². The summed E-state index contributed by atoms with van der Waals surface area (Å²) in [5.41, 5.74) is -0.196. The van der Waals surface area contributed by atoms with Gasteiger partial charge in [-0.1, -0.05) is 0 Å². The number of nitrogens with zero attached hydrogens (tertiary/aromatic N) is 1. The van der Waals surface area contributed by atoms with Crippen molar-refractivity contribution >= 4 is 11.7 Å². The number of alkyl halides is 3. The molecule has 0 spiro atoms. The number of carboxylic acids is 1. The predicted octanol–water partition coefficient (Wildman–Crippen LogP) is 2.78. The van der Waals surface area contributed by atoms with E-state index in [0.29, 0.717) is 5.75 Å². The topological polar surface area (TPSA) is 49.8 Å². The van der Waals surface area contributed by atoms with Gasteiger partial charge in [0.15, 0.2) is 0 Å². The average molecular weight is 277 g/mol. The van der Waals surface area contributed by atoms with E-state index in [9.17, 15) is 18.0 Å². The number of carbonyl (C=O) groups is 1. The minimum Gasteiger partial charge on any atom is -0.497 e. The van der Waals surface area contributed by atoms with E-state index in [0.717, 1.165) is 4.90 Å². The molecule has 0 saturated carbocycles. The molecule has 19 heavy (non-hydrogen) atoms. The van der Waals surface area contributed by atoms with Gasteiger partial charge in [-0.15, -0.1) is 0 Å². The average Bonchev–Trinajstić information content (AvgIpc) is 2.33. The number of methoxy groups -OCH3 is 1. The van der Waals surface area contributed by atoms with E-state index in [1.807, 2.05) is 0 Å². The number of rotatable bonds is 5. The van der Waals surface area contributed by atoms with E-state index in [4.69, 9.17) is 9.84 Å². The Balaban J connectivity index is 3.23. The van der Waals surface area contributed by atoms with Crippen molar-refractivity contribution in [3.8, 4) is 5.75 Å². The van der Waals surface area contributed by atoms with Crippen molar-refractivity contribution < 1.29 is 27.8 Å². The Bertz CT molecular complexity index is 460. The van der Waals surface area contributed by atoms with Gasteiger partial charge >= 0.3 is 12.1 Å². The van der Waals surface area contributed by atoms with E-state index >= 15 is 0 Å². The fourth-order valence-corrected chi connectivity index (χ4v) is 1.66. The van der Waals surface area contributed by atoms with Gasteiger partial charge in [-0.25, -0.2) is 4.79 Å². The van der Waals surface area contributed by atoms with Crippen LogP contribution in [0.5, 0.6) is 5.75 Å². The zero-order valence-corrected chi connectivity index (χ0v) is 10.5. The molecule has 0 saturated heterocycles. The minimum atomic E-state index is -4.41. The normalized spacial score (nSPS) is 11.2. The molecule has 1 aromatic rings. The third-order valence-electron chi connectivity index (χ3n) is 2.53. The molecule has 0 atom stereocenters. The maximum Gasteiger partial charge on any atom is 0.405 e. The molecule has 4 nitrogen and oxygen atoms in total. The number of hydrogen-bond acceptors (Lipinski definition) is 3. The van der Waals surface area contributed by atoms with Gasteiger partial charge in [0.2, 0.25) is 0 Å². The van der Waals surface area contributed by atoms with Gasteiger partial charge in [-0.05, 0) is 19.1 Å². The molecular formula is C12H14F3NO3. The molecule has 0 amide bonds. The summed E-state index contributed by atoms with van der Waals surface area (Å²) in [6.07, 6.45) is -4.41. The number of aromatic carboxylic acids is 1. The Kier molecular flexibility index (Phi) is 4.63. The van der Waals surface area contributed by atoms with Crippen molar-refractivity contribution in [2.24, 2.45) is 0 Å². The lowest BCUT2D eigenvalue weighted by molar-refractivity contribution is -0.119. The molecule has 0 unspecified atom stereocenters. The first-order chi connectivity index (χ1) is 8.78. The van der Waals surface area contributed by atoms with Crippen LogP contribution in [0.25, 0.3) is 0 Å². The van der Waals surface area contributed by atoms with E-state index in [2.05, 4.69) is 0 Å². The summed E-state index contributed by atoms with van der Waals surface area (Å²) in [4.78, 5) is 12.0. The van der Waals surface area contributed by atoms with Gasteiger partial charge in [0.1, 0.15) is 12.3 Å². The summed E-state index contributed by atoms with van der Waals surface area (Å²) < 4.78 is 42.3. The van der Waals surface area contributed by atoms with Gasteiger partial charge in [0.25, 0.3) is 0 Å². The maximum absolute atomic E-state index is 12.5. The van der Waals surface area contributed by atoms with Crippen LogP contribution < -0.4 is 9.64 Å². The minimum absolute atomic E-state index is 0.00771. The van der Waals surface area contributed by atoms with Gasteiger partial charge in [-0.3, -0.25) is 0 Å². The summed E-state index contributed by atoms with van der Waals surface area (Å²) in [6, 6.07) is 3.92. The molecule has 0 radical (unpaired) electrons. The van der Waals surface area contributed by atoms with Crippen LogP contribution in [0.3, 0.4) is 0 Å². The summed E-state index contributed by atoms with van der Waals surface area (Å²) in [5.74, 6) is -0.973. The van der Waals surface area contributed by atoms with Crippen LogP contribution >= 0.6 is 0 Å². The summed E-state index contributed by atoms with van der Waals surface area (Å²) in [6.45, 7) is 0.348. The van der Waals surface area contributed by atoms with Crippen molar-refractivity contribution in [1.82, 2.24) is 0 Å². The van der Waals surface area contributed by atoms with Crippen molar-refractivity contribution in [3.63, 3.8) is 0 Å². The van der Waals surface area contributed by atoms with Gasteiger partial charge in [0, 0.05) is 12.6 Å². The number of benzene rings is 1. The zero-order valence-electron chi connectivity index (χ0n) is 10.5. The van der Waals surface area contributed by atoms with Crippen molar-refractivity contribution in [3.05, 3.63) is 23.8 Å². The molecule has 0 bridgehead atoms. The van der Waals surface area contributed by atoms with E-state index in [1.54, 1.807) is 0 Å². The highest BCUT2D eigenvalue weighted by atomic mass is 19.4. The molecule has 0 aromatic heterocycles. The summed E-state index contributed by atoms with van der Waals surface area (Å²) >= 11 is 0. The van der Waals surface area contributed by atoms with Gasteiger partial charge < -0.3 is 14.7 Å². The quantitative estimate of drug-likeness (QED) is 0.899. The van der Waals surface area contributed by atoms with Crippen molar-refractivity contribution in [2.75, 3.05) is 25.1 Å². The lowest BCUT2D eigenvalue weighted by Crippen LogP contribution is -2.35. The highest BCUT2D eigenvalue weighted by molar-refractivity contribution is 5.94. The molecule has 1 N–H and O–H groups in total. The highest BCUT2D eigenvalue weighted by Crippen LogP contribution is 2.29. The third kappa shape index (κ3) is 4.04. The number of hydrogen-bond donors (Lipinski definition) is 1. The lowest BCUT2D eigenvalue weighted by Gasteiger charge is -2.26. The first-order valence-electron chi connectivity index (χ1n) is 5.51. The second-order valence-electron chi connectivity index (χ2n) is 3.82. The largest absolute Gasteiger partial charge is 0.497 e. The van der Waals surface area contributed by atoms with Crippen LogP contribution in [0.4, 0.5) is 18.9 Å². The standard InChI is InChI=1S/C12H14F3NO3/c1-3-16(7-12(13,14)15)10-6-8(19-2)4-5-9(10)11(17)18/h4-6H,3,7H2,1-2H3,(H,17,18). The Morgan fingerprint density at radius 2 is 2.05 bits per heavy atom. The third-order valence-corrected chi connectivity index (χ3v) is 2.53. The molecule has 0 aliphatic heterocycles. The van der Waals surface area contributed by atoms with E-state index < -0.39 is 18.7 Å². The fraction of sp³-hybridized carbons (Fsp3) is 0.417. The molecule has 1 aromatic carbocycles.